The van der Waals surface area contributed by atoms with Crippen LogP contribution in [0.5, 0.6) is 0 Å². The molecule has 1 aliphatic carbocycles. The Kier molecular flexibility index (Phi) is 6.23. The second kappa shape index (κ2) is 8.84. The summed E-state index contributed by atoms with van der Waals surface area (Å²) in [6, 6.07) is 7.98. The fourth-order valence-electron chi connectivity index (χ4n) is 4.28. The van der Waals surface area contributed by atoms with E-state index in [-0.39, 0.29) is 25.0 Å². The molecule has 0 radical (unpaired) electrons. The Morgan fingerprint density at radius 2 is 1.96 bits per heavy atom. The van der Waals surface area contributed by atoms with Crippen molar-refractivity contribution in [2.24, 2.45) is 5.92 Å². The van der Waals surface area contributed by atoms with Crippen molar-refractivity contribution in [3.05, 3.63) is 24.3 Å². The molecular formula is C21H29N3O3S. The zero-order valence-electron chi connectivity index (χ0n) is 16.2. The minimum atomic E-state index is -0.654. The molecule has 2 aromatic rings. The van der Waals surface area contributed by atoms with Crippen LogP contribution in [0.25, 0.3) is 11.0 Å². The number of piperidine rings is 1. The third kappa shape index (κ3) is 4.21. The number of carbonyl (C=O) groups is 1. The lowest BCUT2D eigenvalue weighted by molar-refractivity contribution is -0.137. The van der Waals surface area contributed by atoms with E-state index in [1.165, 1.54) is 32.1 Å². The predicted octanol–water partition coefficient (Wildman–Crippen LogP) is 2.66. The largest absolute Gasteiger partial charge is 0.396 e. The summed E-state index contributed by atoms with van der Waals surface area (Å²) in [4.78, 5) is 19.5. The number of carbonyl (C=O) groups excluding carboxylic acids is 1. The fourth-order valence-corrected chi connectivity index (χ4v) is 5.59. The third-order valence-corrected chi connectivity index (χ3v) is 7.37. The van der Waals surface area contributed by atoms with Crippen LogP contribution >= 0.6 is 11.8 Å². The number of imidazole rings is 1. The van der Waals surface area contributed by atoms with Crippen molar-refractivity contribution in [1.29, 1.82) is 0 Å². The lowest BCUT2D eigenvalue weighted by atomic mass is 9.95. The van der Waals surface area contributed by atoms with Crippen molar-refractivity contribution >= 4 is 28.7 Å². The van der Waals surface area contributed by atoms with Crippen LogP contribution in [-0.4, -0.2) is 61.6 Å². The number of likely N-dealkylation sites (tertiary alicyclic amines) is 1. The van der Waals surface area contributed by atoms with Gasteiger partial charge in [0.1, 0.15) is 6.54 Å². The lowest BCUT2D eigenvalue weighted by Gasteiger charge is -2.35. The Morgan fingerprint density at radius 1 is 1.18 bits per heavy atom. The van der Waals surface area contributed by atoms with E-state index >= 15 is 0 Å². The smallest absolute Gasteiger partial charge is 0.242 e. The van der Waals surface area contributed by atoms with Gasteiger partial charge in [-0.2, -0.15) is 0 Å². The molecule has 6 nitrogen and oxygen atoms in total. The molecule has 152 valence electrons. The molecule has 1 aromatic carbocycles. The van der Waals surface area contributed by atoms with E-state index in [1.54, 1.807) is 4.90 Å². The van der Waals surface area contributed by atoms with Gasteiger partial charge in [-0.25, -0.2) is 4.98 Å². The fraction of sp³-hybridized carbons (Fsp3) is 0.619. The number of hydrogen-bond acceptors (Lipinski definition) is 5. The number of aliphatic hydroxyl groups excluding tert-OH is 2. The molecule has 1 amide bonds. The standard InChI is InChI=1S/C21H29N3O3S/c25-14-15-10-11-23(12-19(15)26)20(27)13-24-18-9-5-4-8-17(18)22-21(24)28-16-6-2-1-3-7-16/h4-5,8-9,15-16,19,25-26H,1-3,6-7,10-14H2/t15-,19+/m1/s1. The van der Waals surface area contributed by atoms with Crippen molar-refractivity contribution in [1.82, 2.24) is 14.5 Å². The van der Waals surface area contributed by atoms with E-state index in [0.717, 1.165) is 16.2 Å². The highest BCUT2D eigenvalue weighted by Gasteiger charge is 2.30. The SMILES string of the molecule is O=C(Cn1c(SC2CCCCC2)nc2ccccc21)N1CC[C@H](CO)[C@@H](O)C1. The third-order valence-electron chi connectivity index (χ3n) is 6.05. The topological polar surface area (TPSA) is 78.6 Å². The van der Waals surface area contributed by atoms with Gasteiger partial charge in [-0.1, -0.05) is 43.2 Å². The molecule has 1 aliphatic heterocycles. The van der Waals surface area contributed by atoms with E-state index in [1.807, 2.05) is 40.6 Å². The van der Waals surface area contributed by atoms with Crippen LogP contribution in [0.4, 0.5) is 0 Å². The number of β-amino-alcohol motifs (C(OH)–C–C–N with tert-alkyl or cyclic N) is 1. The summed E-state index contributed by atoms with van der Waals surface area (Å²) >= 11 is 1.81. The van der Waals surface area contributed by atoms with E-state index in [2.05, 4.69) is 0 Å². The summed E-state index contributed by atoms with van der Waals surface area (Å²) in [6.45, 7) is 1.09. The minimum Gasteiger partial charge on any atom is -0.396 e. The molecule has 0 spiro atoms. The van der Waals surface area contributed by atoms with Crippen molar-refractivity contribution in [3.63, 3.8) is 0 Å². The number of hydrogen-bond donors (Lipinski definition) is 2. The molecule has 1 aromatic heterocycles. The molecule has 4 rings (SSSR count). The van der Waals surface area contributed by atoms with Crippen LogP contribution in [0.1, 0.15) is 38.5 Å². The van der Waals surface area contributed by atoms with Gasteiger partial charge in [0, 0.05) is 30.9 Å². The van der Waals surface area contributed by atoms with E-state index in [9.17, 15) is 15.0 Å². The maximum Gasteiger partial charge on any atom is 0.242 e. The number of aromatic nitrogens is 2. The zero-order chi connectivity index (χ0) is 19.5. The first kappa shape index (κ1) is 19.7. The Bertz CT molecular complexity index is 818. The highest BCUT2D eigenvalue weighted by atomic mass is 32.2. The van der Waals surface area contributed by atoms with Gasteiger partial charge in [-0.15, -0.1) is 0 Å². The van der Waals surface area contributed by atoms with Gasteiger partial charge in [0.2, 0.25) is 5.91 Å². The van der Waals surface area contributed by atoms with Gasteiger partial charge >= 0.3 is 0 Å². The quantitative estimate of drug-likeness (QED) is 0.802. The van der Waals surface area contributed by atoms with E-state index in [4.69, 9.17) is 4.98 Å². The maximum absolute atomic E-state index is 13.0. The first-order valence-electron chi connectivity index (χ1n) is 10.3. The van der Waals surface area contributed by atoms with E-state index < -0.39 is 6.10 Å². The van der Waals surface area contributed by atoms with Crippen LogP contribution < -0.4 is 0 Å². The number of amides is 1. The summed E-state index contributed by atoms with van der Waals surface area (Å²) < 4.78 is 2.04. The number of nitrogens with zero attached hydrogens (tertiary/aromatic N) is 3. The first-order valence-corrected chi connectivity index (χ1v) is 11.2. The average Bonchev–Trinajstić information content (AvgIpc) is 3.05. The monoisotopic (exact) mass is 403 g/mol. The Hall–Kier alpha value is -1.57. The van der Waals surface area contributed by atoms with Gasteiger partial charge in [0.15, 0.2) is 5.16 Å². The number of rotatable bonds is 5. The molecule has 2 heterocycles. The molecule has 2 fully saturated rings. The lowest BCUT2D eigenvalue weighted by Crippen LogP contribution is -2.48. The Morgan fingerprint density at radius 3 is 2.71 bits per heavy atom. The molecule has 1 saturated carbocycles. The highest BCUT2D eigenvalue weighted by Crippen LogP contribution is 2.35. The minimum absolute atomic E-state index is 0.00378. The van der Waals surface area contributed by atoms with Crippen LogP contribution in [-0.2, 0) is 11.3 Å². The van der Waals surface area contributed by atoms with Gasteiger partial charge in [0.25, 0.3) is 0 Å². The summed E-state index contributed by atoms with van der Waals surface area (Å²) in [5.74, 6) is -0.125. The van der Waals surface area contributed by atoms with Gasteiger partial charge in [-0.3, -0.25) is 4.79 Å². The van der Waals surface area contributed by atoms with Crippen molar-refractivity contribution in [2.75, 3.05) is 19.7 Å². The summed E-state index contributed by atoms with van der Waals surface area (Å²) in [7, 11) is 0. The Labute approximate surface area is 169 Å². The second-order valence-corrected chi connectivity index (χ2v) is 9.25. The van der Waals surface area contributed by atoms with Gasteiger partial charge < -0.3 is 19.7 Å². The number of para-hydroxylation sites is 2. The van der Waals surface area contributed by atoms with E-state index in [0.29, 0.717) is 24.8 Å². The number of thioether (sulfide) groups is 1. The zero-order valence-corrected chi connectivity index (χ0v) is 17.0. The summed E-state index contributed by atoms with van der Waals surface area (Å²) in [5.41, 5.74) is 1.91. The summed E-state index contributed by atoms with van der Waals surface area (Å²) in [5, 5.41) is 21.0. The molecule has 2 aliphatic rings. The summed E-state index contributed by atoms with van der Waals surface area (Å²) in [6.07, 6.45) is 6.27. The van der Waals surface area contributed by atoms with Crippen LogP contribution in [0, 0.1) is 5.92 Å². The molecule has 2 atom stereocenters. The number of aliphatic hydroxyl groups is 2. The highest BCUT2D eigenvalue weighted by molar-refractivity contribution is 7.99. The molecular weight excluding hydrogens is 374 g/mol. The molecule has 7 heteroatoms. The van der Waals surface area contributed by atoms with Crippen molar-refractivity contribution in [3.8, 4) is 0 Å². The normalized spacial score (nSPS) is 24.0. The first-order chi connectivity index (χ1) is 13.7. The maximum atomic E-state index is 13.0. The van der Waals surface area contributed by atoms with Gasteiger partial charge in [-0.05, 0) is 31.4 Å². The Balaban J connectivity index is 1.53. The van der Waals surface area contributed by atoms with Crippen LogP contribution in [0.3, 0.4) is 0 Å². The van der Waals surface area contributed by atoms with Gasteiger partial charge in [0.05, 0.1) is 17.1 Å². The number of fused-ring (bicyclic) bond motifs is 1. The molecule has 2 N–H and O–H groups in total. The van der Waals surface area contributed by atoms with Crippen LogP contribution in [0.2, 0.25) is 0 Å². The number of benzene rings is 1. The molecule has 0 unspecified atom stereocenters. The molecule has 0 bridgehead atoms. The van der Waals surface area contributed by atoms with Crippen molar-refractivity contribution < 1.29 is 15.0 Å². The molecule has 28 heavy (non-hydrogen) atoms. The van der Waals surface area contributed by atoms with Crippen molar-refractivity contribution in [2.45, 2.75) is 61.6 Å². The van der Waals surface area contributed by atoms with Crippen LogP contribution in [0.15, 0.2) is 29.4 Å². The second-order valence-electron chi connectivity index (χ2n) is 7.99. The average molecular weight is 404 g/mol. The molecule has 1 saturated heterocycles. The predicted molar refractivity (Wildman–Crippen MR) is 110 cm³/mol.